The molecule has 0 saturated carbocycles. The van der Waals surface area contributed by atoms with Crippen LogP contribution in [-0.4, -0.2) is 18.4 Å². The molecule has 0 atom stereocenters. The Morgan fingerprint density at radius 2 is 2.62 bits per heavy atom. The number of anilines is 1. The Kier molecular flexibility index (Phi) is 1.44. The van der Waals surface area contributed by atoms with Gasteiger partial charge in [0.05, 0.1) is 0 Å². The second-order valence-electron chi connectivity index (χ2n) is 1.30. The van der Waals surface area contributed by atoms with Crippen LogP contribution in [0.3, 0.4) is 0 Å². The molecule has 0 saturated heterocycles. The van der Waals surface area contributed by atoms with Gasteiger partial charge in [-0.1, -0.05) is 0 Å². The normalized spacial score (nSPS) is 8.50. The summed E-state index contributed by atoms with van der Waals surface area (Å²) in [6.07, 6.45) is 1.70. The molecule has 0 aliphatic carbocycles. The van der Waals surface area contributed by atoms with Gasteiger partial charge in [-0.05, 0) is 0 Å². The zero-order valence-electron chi connectivity index (χ0n) is 4.29. The fraction of sp³-hybridized carbons (Fsp3) is 0. The van der Waals surface area contributed by atoms with Crippen molar-refractivity contribution < 1.29 is 0 Å². The van der Waals surface area contributed by atoms with E-state index in [1.54, 1.807) is 13.1 Å². The van der Waals surface area contributed by atoms with Crippen LogP contribution in [0.2, 0.25) is 0 Å². The van der Waals surface area contributed by atoms with Gasteiger partial charge in [-0.25, -0.2) is 0 Å². The summed E-state index contributed by atoms with van der Waals surface area (Å²) < 4.78 is 1.02. The first-order chi connectivity index (χ1) is 3.83. The van der Waals surface area contributed by atoms with Crippen molar-refractivity contribution >= 4 is 34.6 Å². The molecular formula is C4H5BN2S. The van der Waals surface area contributed by atoms with Gasteiger partial charge >= 0.3 is 51.5 Å². The molecular weight excluding hydrogens is 119 g/mol. The number of aromatic nitrogens is 1. The Hall–Kier alpha value is -0.635. The number of nitrogens with two attached hydrogens (primary N) is 1. The molecule has 0 aliphatic rings. The summed E-state index contributed by atoms with van der Waals surface area (Å²) in [6.45, 7) is 5.29. The van der Waals surface area contributed by atoms with Crippen molar-refractivity contribution in [3.05, 3.63) is 6.20 Å². The first-order valence-corrected chi connectivity index (χ1v) is 2.98. The fourth-order valence-corrected chi connectivity index (χ4v) is 0.931. The average molecular weight is 124 g/mol. The summed E-state index contributed by atoms with van der Waals surface area (Å²) in [5, 5.41) is 0.597. The topological polar surface area (TPSA) is 38.9 Å². The molecule has 1 aromatic rings. The van der Waals surface area contributed by atoms with Crippen LogP contribution in [0.1, 0.15) is 0 Å². The first kappa shape index (κ1) is 5.50. The molecule has 4 heteroatoms. The SMILES string of the molecule is C=Bc1cnc(N)s1. The standard InChI is InChI=1S/C4H5BN2S/c1-5-3-2-7-4(6)8-3/h2H,1H2,(H2,6,7). The van der Waals surface area contributed by atoms with E-state index in [1.807, 2.05) is 0 Å². The van der Waals surface area contributed by atoms with E-state index < -0.39 is 0 Å². The second-order valence-corrected chi connectivity index (χ2v) is 2.40. The molecule has 1 heterocycles. The van der Waals surface area contributed by atoms with Gasteiger partial charge in [-0.2, -0.15) is 0 Å². The van der Waals surface area contributed by atoms with Crippen LogP contribution in [0, 0.1) is 0 Å². The van der Waals surface area contributed by atoms with E-state index >= 15 is 0 Å². The molecule has 0 aromatic carbocycles. The predicted molar refractivity (Wildman–Crippen MR) is 39.0 cm³/mol. The van der Waals surface area contributed by atoms with E-state index in [0.29, 0.717) is 5.13 Å². The summed E-state index contributed by atoms with van der Waals surface area (Å²) in [5.74, 6) is 0. The molecule has 0 radical (unpaired) electrons. The van der Waals surface area contributed by atoms with Crippen molar-refractivity contribution in [3.63, 3.8) is 0 Å². The van der Waals surface area contributed by atoms with E-state index in [9.17, 15) is 0 Å². The van der Waals surface area contributed by atoms with Crippen molar-refractivity contribution in [3.8, 4) is 0 Å². The molecule has 1 rings (SSSR count). The van der Waals surface area contributed by atoms with Gasteiger partial charge in [0.15, 0.2) is 0 Å². The Morgan fingerprint density at radius 1 is 1.88 bits per heavy atom. The number of hydrogen-bond acceptors (Lipinski definition) is 3. The number of hydrogen-bond donors (Lipinski definition) is 1. The minimum atomic E-state index is 0.597. The molecule has 2 nitrogen and oxygen atoms in total. The van der Waals surface area contributed by atoms with Crippen molar-refractivity contribution in [2.45, 2.75) is 0 Å². The zero-order chi connectivity index (χ0) is 5.98. The first-order valence-electron chi connectivity index (χ1n) is 2.16. The van der Waals surface area contributed by atoms with Crippen LogP contribution in [0.4, 0.5) is 5.13 Å². The van der Waals surface area contributed by atoms with Crippen molar-refractivity contribution in [2.24, 2.45) is 0 Å². The van der Waals surface area contributed by atoms with Gasteiger partial charge in [0.1, 0.15) is 0 Å². The van der Waals surface area contributed by atoms with Crippen LogP contribution in [0.25, 0.3) is 0 Å². The molecule has 0 bridgehead atoms. The third-order valence-electron chi connectivity index (χ3n) is 0.743. The third kappa shape index (κ3) is 0.951. The molecule has 0 aliphatic heterocycles. The summed E-state index contributed by atoms with van der Waals surface area (Å²) in [5.41, 5.74) is 5.31. The Morgan fingerprint density at radius 3 is 2.88 bits per heavy atom. The number of nitrogen functional groups attached to an aromatic ring is 1. The van der Waals surface area contributed by atoms with Gasteiger partial charge in [0.25, 0.3) is 0 Å². The Labute approximate surface area is 52.3 Å². The monoisotopic (exact) mass is 124 g/mol. The summed E-state index contributed by atoms with van der Waals surface area (Å²) >= 11 is 1.44. The summed E-state index contributed by atoms with van der Waals surface area (Å²) in [7, 11) is 0. The summed E-state index contributed by atoms with van der Waals surface area (Å²) in [6, 6.07) is 0. The van der Waals surface area contributed by atoms with Crippen molar-refractivity contribution in [2.75, 3.05) is 5.73 Å². The van der Waals surface area contributed by atoms with E-state index in [2.05, 4.69) is 11.5 Å². The van der Waals surface area contributed by atoms with E-state index in [4.69, 9.17) is 5.73 Å². The van der Waals surface area contributed by atoms with Gasteiger partial charge in [-0.15, -0.1) is 0 Å². The van der Waals surface area contributed by atoms with Gasteiger partial charge in [-0.3, -0.25) is 0 Å². The van der Waals surface area contributed by atoms with Crippen LogP contribution in [0.5, 0.6) is 0 Å². The maximum atomic E-state index is 5.31. The fourth-order valence-electron chi connectivity index (χ4n) is 0.395. The molecule has 0 unspecified atom stereocenters. The molecule has 0 spiro atoms. The molecule has 1 aromatic heterocycles. The quantitative estimate of drug-likeness (QED) is 0.512. The third-order valence-corrected chi connectivity index (χ3v) is 1.56. The molecule has 2 N–H and O–H groups in total. The van der Waals surface area contributed by atoms with Crippen LogP contribution in [-0.2, 0) is 0 Å². The Balaban J connectivity index is 3.00. The average Bonchev–Trinajstić information content (AvgIpc) is 2.14. The number of rotatable bonds is 1. The zero-order valence-corrected chi connectivity index (χ0v) is 5.11. The van der Waals surface area contributed by atoms with Crippen LogP contribution in [0.15, 0.2) is 6.20 Å². The van der Waals surface area contributed by atoms with Crippen molar-refractivity contribution in [1.82, 2.24) is 4.98 Å². The predicted octanol–water partition coefficient (Wildman–Crippen LogP) is -0.513. The maximum absolute atomic E-state index is 5.31. The van der Waals surface area contributed by atoms with E-state index in [0.717, 1.165) is 4.78 Å². The van der Waals surface area contributed by atoms with Gasteiger partial charge in [0.2, 0.25) is 0 Å². The molecule has 40 valence electrons. The van der Waals surface area contributed by atoms with Crippen LogP contribution < -0.4 is 10.5 Å². The Bertz CT molecular complexity index is 196. The molecule has 0 amide bonds. The minimum absolute atomic E-state index is 0.597. The van der Waals surface area contributed by atoms with Gasteiger partial charge < -0.3 is 0 Å². The number of nitrogens with zero attached hydrogens (tertiary/aromatic N) is 1. The van der Waals surface area contributed by atoms with Crippen molar-refractivity contribution in [1.29, 1.82) is 0 Å². The molecule has 0 fully saturated rings. The number of thiazole rings is 1. The molecule has 8 heavy (non-hydrogen) atoms. The van der Waals surface area contributed by atoms with Gasteiger partial charge in [0, 0.05) is 0 Å². The van der Waals surface area contributed by atoms with E-state index in [1.165, 1.54) is 11.3 Å². The van der Waals surface area contributed by atoms with E-state index in [-0.39, 0.29) is 0 Å². The second kappa shape index (κ2) is 2.09. The van der Waals surface area contributed by atoms with Crippen LogP contribution >= 0.6 is 11.3 Å². The summed E-state index contributed by atoms with van der Waals surface area (Å²) in [4.78, 5) is 3.81.